The molecule has 0 saturated carbocycles. The fraction of sp³-hybridized carbons (Fsp3) is 1.00. The minimum atomic E-state index is -2.15. The van der Waals surface area contributed by atoms with E-state index in [4.69, 9.17) is 9.47 Å². The molecule has 0 aromatic rings. The number of rotatable bonds is 1. The summed E-state index contributed by atoms with van der Waals surface area (Å²) in [5, 5.41) is 0. The van der Waals surface area contributed by atoms with E-state index in [2.05, 4.69) is 0 Å². The van der Waals surface area contributed by atoms with Crippen LogP contribution in [0.25, 0.3) is 0 Å². The molecule has 2 atom stereocenters. The average molecular weight is 151 g/mol. The second-order valence-electron chi connectivity index (χ2n) is 1.64. The first-order valence-corrected chi connectivity index (χ1v) is 3.72. The lowest BCUT2D eigenvalue weighted by Crippen LogP contribution is -2.31. The van der Waals surface area contributed by atoms with Gasteiger partial charge in [0.25, 0.3) is 0 Å². The van der Waals surface area contributed by atoms with Crippen molar-refractivity contribution in [1.82, 2.24) is 0 Å². The third-order valence-corrected chi connectivity index (χ3v) is 1.70. The Kier molecular flexibility index (Phi) is 2.59. The summed E-state index contributed by atoms with van der Waals surface area (Å²) in [7, 11) is 0. The predicted molar refractivity (Wildman–Crippen MR) is 29.5 cm³/mol. The quantitative estimate of drug-likeness (QED) is 0.462. The Morgan fingerprint density at radius 1 is 1.56 bits per heavy atom. The van der Waals surface area contributed by atoms with Crippen LogP contribution in [0, 0.1) is 0 Å². The smallest absolute Gasteiger partial charge is 0.142 e. The SMILES string of the molecule is O=S([O-])C1COCCO1. The molecule has 9 heavy (non-hydrogen) atoms. The van der Waals surface area contributed by atoms with Gasteiger partial charge in [0, 0.05) is 0 Å². The summed E-state index contributed by atoms with van der Waals surface area (Å²) in [4.78, 5) is 0. The normalized spacial score (nSPS) is 31.9. The van der Waals surface area contributed by atoms with Crippen molar-refractivity contribution in [3.05, 3.63) is 0 Å². The van der Waals surface area contributed by atoms with Crippen LogP contribution in [0.1, 0.15) is 0 Å². The molecule has 0 radical (unpaired) electrons. The van der Waals surface area contributed by atoms with Crippen LogP contribution in [0.2, 0.25) is 0 Å². The molecular weight excluding hydrogens is 144 g/mol. The first-order valence-electron chi connectivity index (χ1n) is 2.58. The second-order valence-corrected chi connectivity index (χ2v) is 2.68. The van der Waals surface area contributed by atoms with Crippen LogP contribution in [0.4, 0.5) is 0 Å². The van der Waals surface area contributed by atoms with Crippen molar-refractivity contribution in [2.24, 2.45) is 0 Å². The van der Waals surface area contributed by atoms with Gasteiger partial charge in [-0.25, -0.2) is 0 Å². The van der Waals surface area contributed by atoms with Crippen molar-refractivity contribution in [2.45, 2.75) is 5.44 Å². The molecule has 1 saturated heterocycles. The van der Waals surface area contributed by atoms with Gasteiger partial charge in [0.1, 0.15) is 5.44 Å². The van der Waals surface area contributed by atoms with E-state index < -0.39 is 16.5 Å². The molecule has 0 aromatic heterocycles. The van der Waals surface area contributed by atoms with E-state index in [0.717, 1.165) is 0 Å². The maximum Gasteiger partial charge on any atom is 0.142 e. The first-order chi connectivity index (χ1) is 4.30. The van der Waals surface area contributed by atoms with E-state index in [1.165, 1.54) is 0 Å². The summed E-state index contributed by atoms with van der Waals surface area (Å²) in [6.45, 7) is 1.03. The third kappa shape index (κ3) is 2.02. The molecule has 0 aromatic carbocycles. The van der Waals surface area contributed by atoms with Crippen LogP contribution >= 0.6 is 0 Å². The molecule has 0 amide bonds. The molecule has 1 heterocycles. The highest BCUT2D eigenvalue weighted by molar-refractivity contribution is 7.79. The van der Waals surface area contributed by atoms with Crippen molar-refractivity contribution in [2.75, 3.05) is 19.8 Å². The number of ether oxygens (including phenoxy) is 2. The Balaban J connectivity index is 2.31. The molecule has 1 aliphatic rings. The number of hydrogen-bond acceptors (Lipinski definition) is 4. The monoisotopic (exact) mass is 151 g/mol. The summed E-state index contributed by atoms with van der Waals surface area (Å²) < 4.78 is 29.9. The van der Waals surface area contributed by atoms with Gasteiger partial charge in [0.05, 0.1) is 19.8 Å². The zero-order valence-corrected chi connectivity index (χ0v) is 5.56. The summed E-state index contributed by atoms with van der Waals surface area (Å²) in [6.07, 6.45) is 0. The van der Waals surface area contributed by atoms with Gasteiger partial charge in [0.2, 0.25) is 0 Å². The summed E-state index contributed by atoms with van der Waals surface area (Å²) in [6, 6.07) is 0. The van der Waals surface area contributed by atoms with E-state index in [-0.39, 0.29) is 6.61 Å². The van der Waals surface area contributed by atoms with Crippen molar-refractivity contribution < 1.29 is 18.2 Å². The molecule has 0 N–H and O–H groups in total. The Bertz CT molecular complexity index is 109. The average Bonchev–Trinajstić information content (AvgIpc) is 1.90. The standard InChI is InChI=1S/C4H8O4S/c5-9(6)4-3-7-1-2-8-4/h4H,1-3H2,(H,5,6)/p-1. The third-order valence-electron chi connectivity index (χ3n) is 1.000. The fourth-order valence-electron chi connectivity index (χ4n) is 0.577. The van der Waals surface area contributed by atoms with Crippen molar-refractivity contribution in [1.29, 1.82) is 0 Å². The summed E-state index contributed by atoms with van der Waals surface area (Å²) in [5.74, 6) is 0. The molecule has 5 heteroatoms. The van der Waals surface area contributed by atoms with Crippen molar-refractivity contribution in [3.63, 3.8) is 0 Å². The van der Waals surface area contributed by atoms with Crippen LogP contribution in [-0.4, -0.2) is 34.0 Å². The molecular formula is C4H7O4S-. The lowest BCUT2D eigenvalue weighted by atomic mass is 10.6. The zero-order chi connectivity index (χ0) is 6.69. The molecule has 4 nitrogen and oxygen atoms in total. The van der Waals surface area contributed by atoms with Gasteiger partial charge in [-0.2, -0.15) is 0 Å². The van der Waals surface area contributed by atoms with Gasteiger partial charge in [-0.1, -0.05) is 0 Å². The molecule has 1 fully saturated rings. The maximum absolute atomic E-state index is 10.1. The molecule has 2 unspecified atom stereocenters. The van der Waals surface area contributed by atoms with Crippen molar-refractivity contribution >= 4 is 11.1 Å². The van der Waals surface area contributed by atoms with Gasteiger partial charge in [-0.05, 0) is 11.1 Å². The predicted octanol–water partition coefficient (Wildman–Crippen LogP) is -0.762. The molecule has 0 aliphatic carbocycles. The van der Waals surface area contributed by atoms with Gasteiger partial charge in [0.15, 0.2) is 0 Å². The topological polar surface area (TPSA) is 58.6 Å². The Labute approximate surface area is 55.4 Å². The van der Waals surface area contributed by atoms with Crippen molar-refractivity contribution in [3.8, 4) is 0 Å². The minimum absolute atomic E-state index is 0.163. The van der Waals surface area contributed by atoms with Gasteiger partial charge in [-0.15, -0.1) is 0 Å². The van der Waals surface area contributed by atoms with Crippen LogP contribution in [-0.2, 0) is 20.6 Å². The molecule has 1 aliphatic heterocycles. The van der Waals surface area contributed by atoms with Crippen LogP contribution in [0.15, 0.2) is 0 Å². The fourth-order valence-corrected chi connectivity index (χ4v) is 0.992. The van der Waals surface area contributed by atoms with Crippen LogP contribution in [0.3, 0.4) is 0 Å². The molecule has 0 bridgehead atoms. The summed E-state index contributed by atoms with van der Waals surface area (Å²) >= 11 is -2.15. The number of hydrogen-bond donors (Lipinski definition) is 0. The van der Waals surface area contributed by atoms with Gasteiger partial charge in [-0.3, -0.25) is 4.21 Å². The second kappa shape index (κ2) is 3.26. The van der Waals surface area contributed by atoms with Crippen LogP contribution in [0.5, 0.6) is 0 Å². The summed E-state index contributed by atoms with van der Waals surface area (Å²) in [5.41, 5.74) is -0.751. The van der Waals surface area contributed by atoms with Gasteiger partial charge < -0.3 is 14.0 Å². The van der Waals surface area contributed by atoms with E-state index in [1.807, 2.05) is 0 Å². The largest absolute Gasteiger partial charge is 0.770 e. The van der Waals surface area contributed by atoms with E-state index in [9.17, 15) is 8.76 Å². The van der Waals surface area contributed by atoms with Crippen LogP contribution < -0.4 is 0 Å². The molecule has 0 spiro atoms. The Hall–Kier alpha value is 0.0300. The van der Waals surface area contributed by atoms with Gasteiger partial charge >= 0.3 is 0 Å². The first kappa shape index (κ1) is 7.14. The molecule has 1 rings (SSSR count). The minimum Gasteiger partial charge on any atom is -0.770 e. The Morgan fingerprint density at radius 2 is 2.33 bits per heavy atom. The maximum atomic E-state index is 10.1. The van der Waals surface area contributed by atoms with E-state index in [0.29, 0.717) is 13.2 Å². The van der Waals surface area contributed by atoms with E-state index in [1.54, 1.807) is 0 Å². The lowest BCUT2D eigenvalue weighted by molar-refractivity contribution is -0.0541. The lowest BCUT2D eigenvalue weighted by Gasteiger charge is -2.24. The van der Waals surface area contributed by atoms with E-state index >= 15 is 0 Å². The highest BCUT2D eigenvalue weighted by Crippen LogP contribution is 2.02. The zero-order valence-electron chi connectivity index (χ0n) is 4.74. The highest BCUT2D eigenvalue weighted by atomic mass is 32.2. The molecule has 54 valence electrons. The Morgan fingerprint density at radius 3 is 2.67 bits per heavy atom. The highest BCUT2D eigenvalue weighted by Gasteiger charge is 2.13.